The number of hydrogen-bond donors (Lipinski definition) is 8. The molecule has 0 radical (unpaired) electrons. The topological polar surface area (TPSA) is 295 Å². The summed E-state index contributed by atoms with van der Waals surface area (Å²) in [6, 6.07) is 75.4. The number of nitrogens with zero attached hydrogens (tertiary/aromatic N) is 2. The van der Waals surface area contributed by atoms with E-state index in [0.29, 0.717) is 92.8 Å². The van der Waals surface area contributed by atoms with Gasteiger partial charge in [0.05, 0.1) is 78.7 Å². The van der Waals surface area contributed by atoms with Crippen LogP contribution < -0.4 is 42.5 Å². The molecule has 7 aromatic carbocycles. The molecule has 702 valence electrons. The van der Waals surface area contributed by atoms with Gasteiger partial charge in [0.1, 0.15) is 0 Å². The number of ether oxygens (including phenoxy) is 5. The van der Waals surface area contributed by atoms with Crippen LogP contribution in [0.2, 0.25) is 0 Å². The second-order valence-electron chi connectivity index (χ2n) is 31.2. The molecule has 0 bridgehead atoms. The second-order valence-corrected chi connectivity index (χ2v) is 38.6. The second kappa shape index (κ2) is 69.5. The molecule has 3 fully saturated rings. The number of benzene rings is 7. The molecule has 7 amide bonds. The molecule has 23 nitrogen and oxygen atoms in total. The Morgan fingerprint density at radius 3 is 1.21 bits per heavy atom. The van der Waals surface area contributed by atoms with Gasteiger partial charge < -0.3 is 66.2 Å². The van der Waals surface area contributed by atoms with Gasteiger partial charge in [-0.05, 0) is 191 Å². The number of piperidine rings is 1. The van der Waals surface area contributed by atoms with Gasteiger partial charge in [0, 0.05) is 155 Å². The van der Waals surface area contributed by atoms with Crippen molar-refractivity contribution in [3.8, 4) is 0 Å². The minimum atomic E-state index is -0.286. The number of aromatic nitrogens is 1. The van der Waals surface area contributed by atoms with Crippen molar-refractivity contribution in [2.24, 2.45) is 0 Å². The molecule has 8 N–H and O–H groups in total. The molecular formula is C99H136N10O13S7. The molecule has 129 heavy (non-hydrogen) atoms. The van der Waals surface area contributed by atoms with E-state index in [2.05, 4.69) is 80.1 Å². The Morgan fingerprint density at radius 1 is 0.465 bits per heavy atom. The first kappa shape index (κ1) is 111. The maximum absolute atomic E-state index is 12.2. The van der Waals surface area contributed by atoms with Crippen LogP contribution >= 0.6 is 82.3 Å². The van der Waals surface area contributed by atoms with Crippen LogP contribution in [-0.4, -0.2) is 232 Å². The summed E-state index contributed by atoms with van der Waals surface area (Å²) < 4.78 is 25.8. The first-order valence-corrected chi connectivity index (χ1v) is 50.9. The maximum atomic E-state index is 12.2. The summed E-state index contributed by atoms with van der Waals surface area (Å²) in [5.41, 5.74) is 1.12. The van der Waals surface area contributed by atoms with E-state index in [1.807, 2.05) is 244 Å². The van der Waals surface area contributed by atoms with E-state index in [1.165, 1.54) is 11.8 Å². The van der Waals surface area contributed by atoms with Gasteiger partial charge in [-0.25, -0.2) is 0 Å². The largest absolute Gasteiger partial charge is 0.466 e. The first-order valence-electron chi connectivity index (χ1n) is 44.0. The van der Waals surface area contributed by atoms with Gasteiger partial charge in [0.2, 0.25) is 41.4 Å². The number of rotatable bonds is 43. The normalized spacial score (nSPS) is 14.3. The Morgan fingerprint density at radius 2 is 0.837 bits per heavy atom. The molecular weight excluding hydrogens is 1760 g/mol. The number of hydrogen-bond acceptors (Lipinski definition) is 23. The van der Waals surface area contributed by atoms with E-state index in [9.17, 15) is 38.4 Å². The van der Waals surface area contributed by atoms with Gasteiger partial charge in [0.25, 0.3) is 0 Å². The third-order valence-electron chi connectivity index (χ3n) is 18.3. The van der Waals surface area contributed by atoms with Crippen molar-refractivity contribution in [3.05, 3.63) is 242 Å². The van der Waals surface area contributed by atoms with Crippen LogP contribution in [0.3, 0.4) is 0 Å². The lowest BCUT2D eigenvalue weighted by Crippen LogP contribution is -2.62. The SMILES string of the molecule is CC(C)OCCCNC(=O)CSc1ccccc1.CC1(C)CC(NC(=O)CSc2ccccc2)CC(C)(C)N1.CCOC(=O)CC(C)NC(=O)CSc1ccccc1.COCCCNC(=O)CSc1ccccc1.O=C(CSc1ccccc1)NCCN1CCOCC1.O=C(CSc1ccccc1)NCCc1ccccn1.O=C(CSc1ccccc1)NC[C@@H]1CCCO1. The molecule has 11 rings (SSSR count). The summed E-state index contributed by atoms with van der Waals surface area (Å²) in [6.07, 6.45) is 9.05. The quantitative estimate of drug-likeness (QED) is 0.0100. The monoisotopic (exact) mass is 1900 g/mol. The molecule has 2 atom stereocenters. The molecule has 0 aliphatic carbocycles. The summed E-state index contributed by atoms with van der Waals surface area (Å²) in [7, 11) is 1.66. The van der Waals surface area contributed by atoms with Gasteiger partial charge in [-0.3, -0.25) is 48.2 Å². The van der Waals surface area contributed by atoms with Crippen LogP contribution in [0.4, 0.5) is 0 Å². The zero-order valence-electron chi connectivity index (χ0n) is 76.4. The van der Waals surface area contributed by atoms with Crippen molar-refractivity contribution >= 4 is 130 Å². The van der Waals surface area contributed by atoms with Crippen LogP contribution in [0.15, 0.2) is 271 Å². The summed E-state index contributed by atoms with van der Waals surface area (Å²) >= 11 is 10.8. The fraction of sp³-hybridized carbons (Fsp3) is 0.444. The molecule has 0 saturated carbocycles. The summed E-state index contributed by atoms with van der Waals surface area (Å²) in [5.74, 6) is 3.31. The Bertz CT molecular complexity index is 4290. The van der Waals surface area contributed by atoms with Gasteiger partial charge >= 0.3 is 5.97 Å². The van der Waals surface area contributed by atoms with Crippen LogP contribution in [0.1, 0.15) is 106 Å². The Kier molecular flexibility index (Phi) is 59.9. The molecule has 0 spiro atoms. The lowest BCUT2D eigenvalue weighted by Gasteiger charge is -2.46. The van der Waals surface area contributed by atoms with Crippen LogP contribution in [0.25, 0.3) is 0 Å². The number of amides is 7. The molecule has 1 unspecified atom stereocenters. The number of morpholine rings is 1. The van der Waals surface area contributed by atoms with Crippen LogP contribution in [0.5, 0.6) is 0 Å². The lowest BCUT2D eigenvalue weighted by atomic mass is 9.79. The number of carbonyl (C=O) groups excluding carboxylic acids is 8. The van der Waals surface area contributed by atoms with Crippen molar-refractivity contribution in [2.75, 3.05) is 139 Å². The number of methoxy groups -OCH3 is 1. The lowest BCUT2D eigenvalue weighted by molar-refractivity contribution is -0.143. The van der Waals surface area contributed by atoms with E-state index in [4.69, 9.17) is 23.7 Å². The highest BCUT2D eigenvalue weighted by Gasteiger charge is 2.38. The Labute approximate surface area is 796 Å². The van der Waals surface area contributed by atoms with Gasteiger partial charge in [-0.15, -0.1) is 82.3 Å². The highest BCUT2D eigenvalue weighted by atomic mass is 32.2. The fourth-order valence-corrected chi connectivity index (χ4v) is 17.8. The number of carbonyl (C=O) groups is 8. The third-order valence-corrected chi connectivity index (χ3v) is 25.4. The van der Waals surface area contributed by atoms with Crippen LogP contribution in [0, 0.1) is 0 Å². The summed E-state index contributed by atoms with van der Waals surface area (Å²) in [6.45, 7) is 26.8. The van der Waals surface area contributed by atoms with E-state index >= 15 is 0 Å². The highest BCUT2D eigenvalue weighted by Crippen LogP contribution is 2.30. The average molecular weight is 1900 g/mol. The molecule has 4 heterocycles. The molecule has 30 heteroatoms. The molecule has 3 aliphatic heterocycles. The molecule has 1 aromatic heterocycles. The average Bonchev–Trinajstić information content (AvgIpc) is 1.05. The van der Waals surface area contributed by atoms with E-state index in [0.717, 1.165) is 124 Å². The van der Waals surface area contributed by atoms with E-state index < -0.39 is 0 Å². The zero-order chi connectivity index (χ0) is 93.1. The molecule has 8 aromatic rings. The summed E-state index contributed by atoms with van der Waals surface area (Å²) in [5, 5.41) is 24.1. The van der Waals surface area contributed by atoms with Crippen molar-refractivity contribution in [1.82, 2.24) is 52.4 Å². The minimum absolute atomic E-state index is 0.0600. The standard InChI is InChI=1S/C17H26N2OS.C15H16N2OS.C14H20N2O2S.C14H19NO3S.C14H21NO2S.C13H17NO2S.C12H17NO2S/c1-16(2)10-13(11-17(3,4)19-16)18-15(20)12-21-14-8-6-5-7-9-14;18-15(12-19-14-7-2-1-3-8-14)17-11-9-13-6-4-5-10-16-13;17-14(12-19-13-4-2-1-3-5-13)15-6-7-16-8-10-18-11-9-16;1-3-18-14(17)9-11(2)15-13(16)10-19-12-7-5-4-6-8-12;1-12(2)17-10-6-9-15-14(16)11-18-13-7-4-3-5-8-13;15-13(14-9-11-5-4-8-16-11)10-17-12-6-2-1-3-7-12;1-15-9-5-8-13-12(14)10-16-11-6-3-2-4-7-11/h5-9,13,19H,10-12H2,1-4H3,(H,18,20);1-8,10H,9,11-12H2,(H,17,18);1-5H,6-12H2,(H,15,17);4-8,11H,3,9-10H2,1-2H3,(H,15,16);3-5,7-8,12H,6,9-11H2,1-2H3,(H,15,16);1-3,6-7,11H,4-5,8-10H2,(H,14,15);2-4,6-7H,5,8-10H2,1H3,(H,13,14)/t;;;;;11-;/m.....0./s1. The third kappa shape index (κ3) is 58.9. The molecule has 3 saturated heterocycles. The zero-order valence-corrected chi connectivity index (χ0v) is 82.1. The van der Waals surface area contributed by atoms with Gasteiger partial charge in [-0.1, -0.05) is 133 Å². The van der Waals surface area contributed by atoms with Crippen molar-refractivity contribution in [3.63, 3.8) is 0 Å². The van der Waals surface area contributed by atoms with Crippen molar-refractivity contribution in [2.45, 2.75) is 176 Å². The number of thioether (sulfide) groups is 7. The maximum Gasteiger partial charge on any atom is 0.307 e. The molecule has 3 aliphatic rings. The first-order chi connectivity index (χ1) is 62.4. The van der Waals surface area contributed by atoms with E-state index in [1.54, 1.807) is 97.7 Å². The predicted molar refractivity (Wildman–Crippen MR) is 533 cm³/mol. The number of esters is 1. The minimum Gasteiger partial charge on any atom is -0.466 e. The van der Waals surface area contributed by atoms with Crippen LogP contribution in [-0.2, 0) is 68.5 Å². The Balaban J connectivity index is 0.000000267. The van der Waals surface area contributed by atoms with Gasteiger partial charge in [-0.2, -0.15) is 0 Å². The number of nitrogens with one attached hydrogen (secondary N) is 8. The van der Waals surface area contributed by atoms with Crippen molar-refractivity contribution in [1.29, 1.82) is 0 Å². The summed E-state index contributed by atoms with van der Waals surface area (Å²) in [4.78, 5) is 107. The van der Waals surface area contributed by atoms with Crippen molar-refractivity contribution < 1.29 is 62.0 Å². The Hall–Kier alpha value is -8.34. The smallest absolute Gasteiger partial charge is 0.307 e. The highest BCUT2D eigenvalue weighted by molar-refractivity contribution is 8.01. The predicted octanol–water partition coefficient (Wildman–Crippen LogP) is 15.9. The van der Waals surface area contributed by atoms with E-state index in [-0.39, 0.29) is 89.1 Å². The van der Waals surface area contributed by atoms with Gasteiger partial charge in [0.15, 0.2) is 0 Å². The fourth-order valence-electron chi connectivity index (χ4n) is 12.6. The number of pyridine rings is 1.